The Morgan fingerprint density at radius 2 is 1.15 bits per heavy atom. The van der Waals surface area contributed by atoms with Crippen molar-refractivity contribution < 1.29 is 28.9 Å². The fraction of sp³-hybridized carbons (Fsp3) is 0.100. The number of hydrogen-bond acceptors (Lipinski definition) is 9. The van der Waals surface area contributed by atoms with Crippen LogP contribution < -0.4 is 20.1 Å². The van der Waals surface area contributed by atoms with Crippen LogP contribution in [0.2, 0.25) is 0 Å². The van der Waals surface area contributed by atoms with Gasteiger partial charge in [0.15, 0.2) is 0 Å². The van der Waals surface area contributed by atoms with Crippen molar-refractivity contribution in [2.24, 2.45) is 0 Å². The first-order valence-corrected chi connectivity index (χ1v) is 9.92. The average Bonchev–Trinajstić information content (AvgIpc) is 3.30. The predicted octanol–water partition coefficient (Wildman–Crippen LogP) is 4.09. The molecule has 1 heterocycles. The summed E-state index contributed by atoms with van der Waals surface area (Å²) < 4.78 is 10.2. The van der Waals surface area contributed by atoms with Crippen LogP contribution in [-0.4, -0.2) is 35.9 Å². The van der Waals surface area contributed by atoms with E-state index in [2.05, 4.69) is 10.6 Å². The summed E-state index contributed by atoms with van der Waals surface area (Å²) in [6.07, 6.45) is 0. The number of anilines is 2. The van der Waals surface area contributed by atoms with E-state index in [4.69, 9.17) is 9.47 Å². The van der Waals surface area contributed by atoms with E-state index in [1.54, 1.807) is 0 Å². The second-order valence-electron chi connectivity index (χ2n) is 6.36. The number of methoxy groups -OCH3 is 2. The highest BCUT2D eigenvalue weighted by Gasteiger charge is 2.19. The zero-order chi connectivity index (χ0) is 24.1. The average molecular weight is 472 g/mol. The van der Waals surface area contributed by atoms with Crippen LogP contribution in [0.25, 0.3) is 0 Å². The minimum atomic E-state index is -0.585. The molecule has 0 saturated carbocycles. The minimum absolute atomic E-state index is 0.109. The zero-order valence-electron chi connectivity index (χ0n) is 17.2. The lowest BCUT2D eigenvalue weighted by Crippen LogP contribution is -2.12. The number of nitrogens with zero attached hydrogens (tertiary/aromatic N) is 2. The molecular formula is C20H16N4O8S. The van der Waals surface area contributed by atoms with Crippen LogP contribution in [0.1, 0.15) is 19.3 Å². The van der Waals surface area contributed by atoms with E-state index in [1.165, 1.54) is 62.8 Å². The lowest BCUT2D eigenvalue weighted by molar-refractivity contribution is -0.385. The fourth-order valence-electron chi connectivity index (χ4n) is 2.74. The number of carbonyl (C=O) groups excluding carboxylic acids is 2. The Morgan fingerprint density at radius 3 is 1.48 bits per heavy atom. The van der Waals surface area contributed by atoms with Gasteiger partial charge in [-0.15, -0.1) is 11.3 Å². The molecule has 0 unspecified atom stereocenters. The fourth-order valence-corrected chi connectivity index (χ4v) is 3.54. The molecule has 3 rings (SSSR count). The van der Waals surface area contributed by atoms with Crippen molar-refractivity contribution in [3.8, 4) is 11.5 Å². The zero-order valence-corrected chi connectivity index (χ0v) is 18.0. The molecule has 3 aromatic rings. The van der Waals surface area contributed by atoms with Gasteiger partial charge in [0.25, 0.3) is 23.2 Å². The van der Waals surface area contributed by atoms with Crippen molar-refractivity contribution in [2.45, 2.75) is 0 Å². The molecule has 0 bridgehead atoms. The van der Waals surface area contributed by atoms with Gasteiger partial charge in [-0.2, -0.15) is 0 Å². The first-order valence-electron chi connectivity index (χ1n) is 9.11. The Hall–Kier alpha value is -4.52. The normalized spacial score (nSPS) is 10.2. The molecule has 33 heavy (non-hydrogen) atoms. The summed E-state index contributed by atoms with van der Waals surface area (Å²) >= 11 is 0.908. The van der Waals surface area contributed by atoms with E-state index in [0.717, 1.165) is 11.3 Å². The van der Waals surface area contributed by atoms with Crippen molar-refractivity contribution in [1.29, 1.82) is 0 Å². The Balaban J connectivity index is 1.74. The van der Waals surface area contributed by atoms with Crippen LogP contribution in [0.5, 0.6) is 11.5 Å². The molecule has 2 N–H and O–H groups in total. The highest BCUT2D eigenvalue weighted by molar-refractivity contribution is 7.16. The predicted molar refractivity (Wildman–Crippen MR) is 120 cm³/mol. The van der Waals surface area contributed by atoms with Gasteiger partial charge in [0, 0.05) is 12.1 Å². The lowest BCUT2D eigenvalue weighted by atomic mass is 10.2. The highest BCUT2D eigenvalue weighted by atomic mass is 32.1. The molecule has 12 nitrogen and oxygen atoms in total. The monoisotopic (exact) mass is 472 g/mol. The van der Waals surface area contributed by atoms with Crippen molar-refractivity contribution in [3.63, 3.8) is 0 Å². The number of carbonyl (C=O) groups is 2. The molecule has 0 aliphatic heterocycles. The van der Waals surface area contributed by atoms with Crippen molar-refractivity contribution in [2.75, 3.05) is 24.9 Å². The quantitative estimate of drug-likeness (QED) is 0.366. The topological polar surface area (TPSA) is 163 Å². The lowest BCUT2D eigenvalue weighted by Gasteiger charge is -2.09. The standard InChI is InChI=1S/C20H16N4O8S/c1-31-15-9-11(23(27)28)3-5-13(15)21-19(25)17-7-8-18(33-17)20(26)22-14-6-4-12(24(29)30)10-16(14)32-2/h3-10H,1-2H3,(H,21,25)(H,22,26). The van der Waals surface area contributed by atoms with Gasteiger partial charge in [-0.25, -0.2) is 0 Å². The van der Waals surface area contributed by atoms with E-state index < -0.39 is 21.7 Å². The Bertz CT molecular complexity index is 1160. The van der Waals surface area contributed by atoms with E-state index in [1.807, 2.05) is 0 Å². The summed E-state index contributed by atoms with van der Waals surface area (Å²) in [5.41, 5.74) is 0.0643. The first kappa shape index (κ1) is 23.1. The maximum absolute atomic E-state index is 12.6. The largest absolute Gasteiger partial charge is 0.494 e. The molecule has 0 spiro atoms. The maximum Gasteiger partial charge on any atom is 0.273 e. The number of amides is 2. The van der Waals surface area contributed by atoms with Gasteiger partial charge in [-0.05, 0) is 24.3 Å². The van der Waals surface area contributed by atoms with Gasteiger partial charge in [-0.3, -0.25) is 29.8 Å². The molecule has 2 amide bonds. The smallest absolute Gasteiger partial charge is 0.273 e. The van der Waals surface area contributed by atoms with Gasteiger partial charge in [0.2, 0.25) is 0 Å². The van der Waals surface area contributed by atoms with Crippen molar-refractivity contribution >= 4 is 45.9 Å². The van der Waals surface area contributed by atoms with Crippen LogP contribution in [0, 0.1) is 20.2 Å². The molecule has 0 atom stereocenters. The number of thiophene rings is 1. The number of ether oxygens (including phenoxy) is 2. The first-order chi connectivity index (χ1) is 15.7. The Kier molecular flexibility index (Phi) is 6.83. The maximum atomic E-state index is 12.6. The summed E-state index contributed by atoms with van der Waals surface area (Å²) in [6.45, 7) is 0. The molecule has 0 saturated heterocycles. The molecule has 1 aromatic heterocycles. The molecule has 2 aromatic carbocycles. The molecule has 0 fully saturated rings. The van der Waals surface area contributed by atoms with Crippen LogP contribution >= 0.6 is 11.3 Å². The summed E-state index contributed by atoms with van der Waals surface area (Å²) in [5, 5.41) is 27.0. The molecular weight excluding hydrogens is 456 g/mol. The number of nitro benzene ring substituents is 2. The van der Waals surface area contributed by atoms with E-state index in [0.29, 0.717) is 0 Å². The van der Waals surface area contributed by atoms with Gasteiger partial charge in [0.1, 0.15) is 11.5 Å². The van der Waals surface area contributed by atoms with Crippen molar-refractivity contribution in [1.82, 2.24) is 0 Å². The second-order valence-corrected chi connectivity index (χ2v) is 7.44. The summed E-state index contributed by atoms with van der Waals surface area (Å²) in [6, 6.07) is 10.4. The summed E-state index contributed by atoms with van der Waals surface area (Å²) in [5.74, 6) is -0.868. The third-order valence-corrected chi connectivity index (χ3v) is 5.42. The van der Waals surface area contributed by atoms with E-state index >= 15 is 0 Å². The Labute approximate surface area is 190 Å². The third kappa shape index (κ3) is 5.22. The van der Waals surface area contributed by atoms with E-state index in [-0.39, 0.29) is 44.0 Å². The summed E-state index contributed by atoms with van der Waals surface area (Å²) in [7, 11) is 2.63. The SMILES string of the molecule is COc1cc([N+](=O)[O-])ccc1NC(=O)c1ccc(C(=O)Nc2ccc([N+](=O)[O-])cc2OC)s1. The van der Waals surface area contributed by atoms with E-state index in [9.17, 15) is 29.8 Å². The van der Waals surface area contributed by atoms with Crippen molar-refractivity contribution in [3.05, 3.63) is 78.5 Å². The minimum Gasteiger partial charge on any atom is -0.494 e. The molecule has 0 aliphatic carbocycles. The molecule has 0 aliphatic rings. The number of non-ortho nitro benzene ring substituents is 2. The van der Waals surface area contributed by atoms with Crippen LogP contribution in [0.4, 0.5) is 22.7 Å². The van der Waals surface area contributed by atoms with Gasteiger partial charge in [0.05, 0.1) is 57.3 Å². The third-order valence-electron chi connectivity index (χ3n) is 4.34. The molecule has 13 heteroatoms. The number of benzene rings is 2. The number of nitrogens with one attached hydrogen (secondary N) is 2. The number of nitro groups is 2. The van der Waals surface area contributed by atoms with Gasteiger partial charge < -0.3 is 20.1 Å². The highest BCUT2D eigenvalue weighted by Crippen LogP contribution is 2.31. The second kappa shape index (κ2) is 9.74. The van der Waals surface area contributed by atoms with Gasteiger partial charge >= 0.3 is 0 Å². The van der Waals surface area contributed by atoms with Crippen LogP contribution in [0.3, 0.4) is 0 Å². The molecule has 170 valence electrons. The van der Waals surface area contributed by atoms with Gasteiger partial charge in [-0.1, -0.05) is 0 Å². The summed E-state index contributed by atoms with van der Waals surface area (Å²) in [4.78, 5) is 46.2. The number of hydrogen-bond donors (Lipinski definition) is 2. The number of rotatable bonds is 8. The Morgan fingerprint density at radius 1 is 0.758 bits per heavy atom. The van der Waals surface area contributed by atoms with Crippen LogP contribution in [0.15, 0.2) is 48.5 Å². The molecule has 0 radical (unpaired) electrons. The van der Waals surface area contributed by atoms with Crippen LogP contribution in [-0.2, 0) is 0 Å².